The largest absolute Gasteiger partial charge is 0.466 e. The first-order chi connectivity index (χ1) is 30.5. The lowest BCUT2D eigenvalue weighted by Gasteiger charge is -2.20. The van der Waals surface area contributed by atoms with Crippen LogP contribution in [0, 0.1) is 0 Å². The zero-order valence-corrected chi connectivity index (χ0v) is 41.9. The molecule has 0 spiro atoms. The van der Waals surface area contributed by atoms with Crippen molar-refractivity contribution in [1.29, 1.82) is 0 Å². The Balaban J connectivity index is 3.47. The van der Waals surface area contributed by atoms with Gasteiger partial charge in [0.15, 0.2) is 0 Å². The molecular weight excluding hydrogens is 767 g/mol. The molecule has 0 radical (unpaired) electrons. The molecule has 0 aromatic carbocycles. The highest BCUT2D eigenvalue weighted by molar-refractivity contribution is 5.76. The fourth-order valence-electron chi connectivity index (χ4n) is 8.75. The molecule has 0 saturated carbocycles. The van der Waals surface area contributed by atoms with Crippen molar-refractivity contribution in [2.45, 2.75) is 321 Å². The Bertz CT molecular complexity index is 924. The van der Waals surface area contributed by atoms with Crippen LogP contribution in [0.2, 0.25) is 0 Å². The molecule has 0 aliphatic rings. The Labute approximate surface area is 387 Å². The maximum atomic E-state index is 12.5. The van der Waals surface area contributed by atoms with Gasteiger partial charge >= 0.3 is 5.97 Å². The van der Waals surface area contributed by atoms with Crippen LogP contribution in [0.15, 0.2) is 12.2 Å². The molecule has 0 aromatic heterocycles. The number of ether oxygens (including phenoxy) is 1. The third-order valence-corrected chi connectivity index (χ3v) is 13.1. The van der Waals surface area contributed by atoms with Gasteiger partial charge in [-0.3, -0.25) is 9.59 Å². The lowest BCUT2D eigenvalue weighted by atomic mass is 10.0. The molecule has 3 N–H and O–H groups in total. The average molecular weight is 876 g/mol. The zero-order chi connectivity index (χ0) is 45.1. The molecule has 2 unspecified atom stereocenters. The number of rotatable bonds is 52. The maximum Gasteiger partial charge on any atom is 0.305 e. The molecule has 368 valence electrons. The van der Waals surface area contributed by atoms with Gasteiger partial charge in [0.1, 0.15) is 0 Å². The molecule has 62 heavy (non-hydrogen) atoms. The Morgan fingerprint density at radius 3 is 1.10 bits per heavy atom. The van der Waals surface area contributed by atoms with E-state index in [2.05, 4.69) is 19.2 Å². The van der Waals surface area contributed by atoms with Crippen LogP contribution in [0.4, 0.5) is 0 Å². The Morgan fingerprint density at radius 2 is 0.742 bits per heavy atom. The number of carbonyl (C=O) groups excluding carboxylic acids is 2. The van der Waals surface area contributed by atoms with Gasteiger partial charge in [0.05, 0.1) is 25.4 Å². The van der Waals surface area contributed by atoms with E-state index in [4.69, 9.17) is 4.74 Å². The number of allylic oxidation sites excluding steroid dienone is 1. The highest BCUT2D eigenvalue weighted by Crippen LogP contribution is 2.17. The molecule has 6 heteroatoms. The first-order valence-electron chi connectivity index (χ1n) is 28.0. The van der Waals surface area contributed by atoms with E-state index in [0.29, 0.717) is 19.4 Å². The maximum absolute atomic E-state index is 12.5. The van der Waals surface area contributed by atoms with Crippen molar-refractivity contribution in [3.63, 3.8) is 0 Å². The van der Waals surface area contributed by atoms with E-state index in [1.54, 1.807) is 6.08 Å². The van der Waals surface area contributed by atoms with Crippen molar-refractivity contribution >= 4 is 11.9 Å². The molecule has 0 heterocycles. The van der Waals surface area contributed by atoms with E-state index >= 15 is 0 Å². The Kier molecular flexibility index (Phi) is 51.0. The quantitative estimate of drug-likeness (QED) is 0.0321. The van der Waals surface area contributed by atoms with Crippen LogP contribution in [0.25, 0.3) is 0 Å². The summed E-state index contributed by atoms with van der Waals surface area (Å²) in [6, 6.07) is -0.635. The van der Waals surface area contributed by atoms with Gasteiger partial charge in [-0.2, -0.15) is 0 Å². The summed E-state index contributed by atoms with van der Waals surface area (Å²) < 4.78 is 5.46. The minimum atomic E-state index is -0.850. The molecule has 2 atom stereocenters. The molecule has 1 amide bonds. The summed E-state index contributed by atoms with van der Waals surface area (Å²) in [6.45, 7) is 4.90. The van der Waals surface area contributed by atoms with Gasteiger partial charge in [-0.15, -0.1) is 0 Å². The number of carbonyl (C=O) groups is 2. The molecule has 6 nitrogen and oxygen atoms in total. The number of hydrogen-bond acceptors (Lipinski definition) is 5. The monoisotopic (exact) mass is 876 g/mol. The fraction of sp³-hybridized carbons (Fsp3) is 0.929. The van der Waals surface area contributed by atoms with Crippen LogP contribution in [0.3, 0.4) is 0 Å². The van der Waals surface area contributed by atoms with Gasteiger partial charge in [-0.05, 0) is 32.1 Å². The molecule has 0 aliphatic carbocycles. The molecular formula is C56H109NO5. The van der Waals surface area contributed by atoms with Crippen molar-refractivity contribution < 1.29 is 24.5 Å². The fourth-order valence-corrected chi connectivity index (χ4v) is 8.75. The molecule has 0 rings (SSSR count). The van der Waals surface area contributed by atoms with Crippen molar-refractivity contribution in [3.8, 4) is 0 Å². The smallest absolute Gasteiger partial charge is 0.305 e. The van der Waals surface area contributed by atoms with Crippen LogP contribution in [-0.2, 0) is 14.3 Å². The summed E-state index contributed by atoms with van der Waals surface area (Å²) in [5.41, 5.74) is 0. The van der Waals surface area contributed by atoms with E-state index in [1.165, 1.54) is 225 Å². The highest BCUT2D eigenvalue weighted by atomic mass is 16.5. The van der Waals surface area contributed by atoms with E-state index in [1.807, 2.05) is 6.08 Å². The number of aliphatic hydroxyl groups is 2. The third kappa shape index (κ3) is 48.1. The SMILES string of the molecule is CCCCCCCCCCCCCCCCCC/C=C/C(O)C(CO)NC(=O)CCCCCCCCCCCCCCCCOC(=O)CCCCCCCCCCCCCCC. The van der Waals surface area contributed by atoms with Gasteiger partial charge in [0, 0.05) is 12.8 Å². The van der Waals surface area contributed by atoms with E-state index in [0.717, 1.165) is 57.8 Å². The summed E-state index contributed by atoms with van der Waals surface area (Å²) in [5, 5.41) is 23.1. The van der Waals surface area contributed by atoms with Gasteiger partial charge in [-0.25, -0.2) is 0 Å². The Hall–Kier alpha value is -1.40. The first-order valence-corrected chi connectivity index (χ1v) is 28.0. The van der Waals surface area contributed by atoms with E-state index in [9.17, 15) is 19.8 Å². The number of unbranched alkanes of at least 4 members (excludes halogenated alkanes) is 41. The van der Waals surface area contributed by atoms with Crippen molar-refractivity contribution in [3.05, 3.63) is 12.2 Å². The molecule has 0 bridgehead atoms. The van der Waals surface area contributed by atoms with Gasteiger partial charge in [-0.1, -0.05) is 276 Å². The van der Waals surface area contributed by atoms with Crippen molar-refractivity contribution in [2.24, 2.45) is 0 Å². The number of aliphatic hydroxyl groups excluding tert-OH is 2. The topological polar surface area (TPSA) is 95.9 Å². The first kappa shape index (κ1) is 60.6. The lowest BCUT2D eigenvalue weighted by molar-refractivity contribution is -0.143. The summed E-state index contributed by atoms with van der Waals surface area (Å²) in [7, 11) is 0. The normalized spacial score (nSPS) is 12.6. The van der Waals surface area contributed by atoms with Gasteiger partial charge in [0.2, 0.25) is 5.91 Å². The average Bonchev–Trinajstić information content (AvgIpc) is 3.27. The van der Waals surface area contributed by atoms with E-state index in [-0.39, 0.29) is 18.5 Å². The van der Waals surface area contributed by atoms with Gasteiger partial charge in [0.25, 0.3) is 0 Å². The third-order valence-electron chi connectivity index (χ3n) is 13.1. The van der Waals surface area contributed by atoms with E-state index < -0.39 is 12.1 Å². The highest BCUT2D eigenvalue weighted by Gasteiger charge is 2.18. The zero-order valence-electron chi connectivity index (χ0n) is 41.9. The Morgan fingerprint density at radius 1 is 0.435 bits per heavy atom. The van der Waals surface area contributed by atoms with Crippen LogP contribution >= 0.6 is 0 Å². The second-order valence-electron chi connectivity index (χ2n) is 19.3. The second-order valence-corrected chi connectivity index (χ2v) is 19.3. The minimum Gasteiger partial charge on any atom is -0.466 e. The van der Waals surface area contributed by atoms with Crippen LogP contribution in [0.1, 0.15) is 309 Å². The van der Waals surface area contributed by atoms with Crippen LogP contribution in [0.5, 0.6) is 0 Å². The second kappa shape index (κ2) is 52.2. The summed E-state index contributed by atoms with van der Waals surface area (Å²) in [4.78, 5) is 24.5. The lowest BCUT2D eigenvalue weighted by Crippen LogP contribution is -2.45. The minimum absolute atomic E-state index is 0.00137. The van der Waals surface area contributed by atoms with Crippen molar-refractivity contribution in [1.82, 2.24) is 5.32 Å². The van der Waals surface area contributed by atoms with Crippen molar-refractivity contribution in [2.75, 3.05) is 13.2 Å². The summed E-state index contributed by atoms with van der Waals surface area (Å²) >= 11 is 0. The number of nitrogens with one attached hydrogen (secondary N) is 1. The predicted octanol–water partition coefficient (Wildman–Crippen LogP) is 16.9. The number of esters is 1. The summed E-state index contributed by atoms with van der Waals surface area (Å²) in [6.07, 6.45) is 60.7. The molecule has 0 aromatic rings. The molecule has 0 aliphatic heterocycles. The van der Waals surface area contributed by atoms with Crippen LogP contribution in [-0.4, -0.2) is 47.4 Å². The van der Waals surface area contributed by atoms with Crippen LogP contribution < -0.4 is 5.32 Å². The number of amides is 1. The summed E-state index contributed by atoms with van der Waals surface area (Å²) in [5.74, 6) is -0.0772. The predicted molar refractivity (Wildman–Crippen MR) is 269 cm³/mol. The molecule has 0 saturated heterocycles. The molecule has 0 fully saturated rings. The van der Waals surface area contributed by atoms with Gasteiger partial charge < -0.3 is 20.3 Å². The number of hydrogen-bond donors (Lipinski definition) is 3. The standard InChI is InChI=1S/C56H109NO5/c1-3-5-7-9-11-13-15-17-18-19-20-21-25-28-32-36-40-44-48-54(59)53(52-58)57-55(60)49-45-41-37-33-29-26-22-23-27-31-35-39-43-47-51-62-56(61)50-46-42-38-34-30-24-16-14-12-10-8-6-4-2/h44,48,53-54,58-59H,3-43,45-47,49-52H2,1-2H3,(H,57,60)/b48-44+.